The molecule has 2 amide bonds. The number of anilines is 2. The summed E-state index contributed by atoms with van der Waals surface area (Å²) in [6, 6.07) is 18.4. The van der Waals surface area contributed by atoms with Crippen molar-refractivity contribution in [1.82, 2.24) is 9.80 Å². The smallest absolute Gasteiger partial charge is 0.241 e. The van der Waals surface area contributed by atoms with E-state index >= 15 is 0 Å². The van der Waals surface area contributed by atoms with E-state index in [-0.39, 0.29) is 11.8 Å². The number of benzene rings is 2. The molecule has 0 aromatic heterocycles. The van der Waals surface area contributed by atoms with Crippen molar-refractivity contribution in [2.45, 2.75) is 51.5 Å². The molecule has 182 valence electrons. The SMILES string of the molecule is CCc1ccccc1NC(=O)CN1CCN(CC(=O)N(c2ccccc2)C2CCCCC2)CC1. The molecule has 0 bridgehead atoms. The van der Waals surface area contributed by atoms with Crippen molar-refractivity contribution >= 4 is 23.2 Å². The Hall–Kier alpha value is -2.70. The second kappa shape index (κ2) is 12.1. The highest BCUT2D eigenvalue weighted by molar-refractivity contribution is 5.95. The zero-order valence-corrected chi connectivity index (χ0v) is 20.4. The molecule has 1 N–H and O–H groups in total. The lowest BCUT2D eigenvalue weighted by atomic mass is 9.93. The summed E-state index contributed by atoms with van der Waals surface area (Å²) in [6.45, 7) is 6.12. The molecular weight excluding hydrogens is 424 g/mol. The van der Waals surface area contributed by atoms with Gasteiger partial charge >= 0.3 is 0 Å². The van der Waals surface area contributed by atoms with Gasteiger partial charge in [-0.2, -0.15) is 0 Å². The van der Waals surface area contributed by atoms with E-state index in [0.29, 0.717) is 19.1 Å². The molecule has 2 aromatic carbocycles. The number of para-hydroxylation sites is 2. The summed E-state index contributed by atoms with van der Waals surface area (Å²) in [5.74, 6) is 0.221. The third-order valence-corrected chi connectivity index (χ3v) is 7.11. The number of piperazine rings is 1. The summed E-state index contributed by atoms with van der Waals surface area (Å²) in [6.07, 6.45) is 6.74. The predicted molar refractivity (Wildman–Crippen MR) is 138 cm³/mol. The van der Waals surface area contributed by atoms with Gasteiger partial charge in [-0.25, -0.2) is 0 Å². The van der Waals surface area contributed by atoms with Gasteiger partial charge in [0.15, 0.2) is 0 Å². The first-order chi connectivity index (χ1) is 16.6. The van der Waals surface area contributed by atoms with Gasteiger partial charge in [-0.3, -0.25) is 19.4 Å². The average molecular weight is 463 g/mol. The number of carbonyl (C=O) groups is 2. The molecule has 0 unspecified atom stereocenters. The van der Waals surface area contributed by atoms with Crippen LogP contribution in [0.15, 0.2) is 54.6 Å². The number of amides is 2. The standard InChI is InChI=1S/C28H38N4O2/c1-2-23-11-9-10-16-26(23)29-27(33)21-30-17-19-31(20-18-30)22-28(34)32(24-12-5-3-6-13-24)25-14-7-4-8-15-25/h3,5-6,9-13,16,25H,2,4,7-8,14-15,17-22H2,1H3,(H,29,33). The van der Waals surface area contributed by atoms with E-state index < -0.39 is 0 Å². The quantitative estimate of drug-likeness (QED) is 0.640. The number of carbonyl (C=O) groups excluding carboxylic acids is 2. The van der Waals surface area contributed by atoms with Crippen LogP contribution >= 0.6 is 0 Å². The summed E-state index contributed by atoms with van der Waals surface area (Å²) in [5.41, 5.74) is 3.07. The monoisotopic (exact) mass is 462 g/mol. The van der Waals surface area contributed by atoms with E-state index in [1.54, 1.807) is 0 Å². The first kappa shape index (κ1) is 24.4. The summed E-state index contributed by atoms with van der Waals surface area (Å²) in [7, 11) is 0. The number of nitrogens with zero attached hydrogens (tertiary/aromatic N) is 3. The molecule has 6 nitrogen and oxygen atoms in total. The summed E-state index contributed by atoms with van der Waals surface area (Å²) >= 11 is 0. The fraction of sp³-hybridized carbons (Fsp3) is 0.500. The molecule has 1 aliphatic carbocycles. The van der Waals surface area contributed by atoms with Crippen molar-refractivity contribution in [3.8, 4) is 0 Å². The van der Waals surface area contributed by atoms with Crippen LogP contribution in [0.2, 0.25) is 0 Å². The van der Waals surface area contributed by atoms with E-state index in [9.17, 15) is 9.59 Å². The largest absolute Gasteiger partial charge is 0.325 e. The first-order valence-electron chi connectivity index (χ1n) is 12.8. The van der Waals surface area contributed by atoms with E-state index in [4.69, 9.17) is 0 Å². The summed E-state index contributed by atoms with van der Waals surface area (Å²) in [5, 5.41) is 3.07. The van der Waals surface area contributed by atoms with Gasteiger partial charge in [0.05, 0.1) is 13.1 Å². The molecule has 4 rings (SSSR count). The van der Waals surface area contributed by atoms with E-state index in [1.807, 2.05) is 36.4 Å². The van der Waals surface area contributed by atoms with Crippen molar-refractivity contribution in [3.63, 3.8) is 0 Å². The van der Waals surface area contributed by atoms with Crippen LogP contribution in [0.25, 0.3) is 0 Å². The number of hydrogen-bond acceptors (Lipinski definition) is 4. The molecule has 0 spiro atoms. The summed E-state index contributed by atoms with van der Waals surface area (Å²) in [4.78, 5) is 32.5. The highest BCUT2D eigenvalue weighted by Gasteiger charge is 2.29. The molecule has 1 saturated carbocycles. The van der Waals surface area contributed by atoms with Crippen molar-refractivity contribution < 1.29 is 9.59 Å². The van der Waals surface area contributed by atoms with Crippen molar-refractivity contribution in [3.05, 3.63) is 60.2 Å². The van der Waals surface area contributed by atoms with Gasteiger partial charge in [-0.15, -0.1) is 0 Å². The average Bonchev–Trinajstić information content (AvgIpc) is 2.87. The highest BCUT2D eigenvalue weighted by atomic mass is 16.2. The van der Waals surface area contributed by atoms with Gasteiger partial charge in [-0.1, -0.05) is 62.6 Å². The molecule has 0 radical (unpaired) electrons. The lowest BCUT2D eigenvalue weighted by Gasteiger charge is -2.38. The Bertz CT molecular complexity index is 934. The van der Waals surface area contributed by atoms with Crippen molar-refractivity contribution in [2.24, 2.45) is 0 Å². The Labute approximate surface area is 203 Å². The number of aryl methyl sites for hydroxylation is 1. The van der Waals surface area contributed by atoms with Gasteiger partial charge in [0.1, 0.15) is 0 Å². The Balaban J connectivity index is 1.28. The van der Waals surface area contributed by atoms with Gasteiger partial charge in [-0.05, 0) is 43.0 Å². The molecule has 1 heterocycles. The van der Waals surface area contributed by atoms with Crippen LogP contribution in [0.5, 0.6) is 0 Å². The lowest BCUT2D eigenvalue weighted by molar-refractivity contribution is -0.122. The van der Waals surface area contributed by atoms with Gasteiger partial charge in [0.25, 0.3) is 0 Å². The maximum Gasteiger partial charge on any atom is 0.241 e. The van der Waals surface area contributed by atoms with Crippen LogP contribution in [-0.4, -0.2) is 66.9 Å². The number of hydrogen-bond donors (Lipinski definition) is 1. The topological polar surface area (TPSA) is 55.9 Å². The van der Waals surface area contributed by atoms with Crippen molar-refractivity contribution in [2.75, 3.05) is 49.5 Å². The zero-order valence-electron chi connectivity index (χ0n) is 20.4. The maximum atomic E-state index is 13.4. The third kappa shape index (κ3) is 6.45. The van der Waals surface area contributed by atoms with E-state index in [2.05, 4.69) is 45.1 Å². The van der Waals surface area contributed by atoms with Gasteiger partial charge < -0.3 is 10.2 Å². The molecule has 34 heavy (non-hydrogen) atoms. The fourth-order valence-electron chi connectivity index (χ4n) is 5.20. The van der Waals surface area contributed by atoms with Crippen LogP contribution in [-0.2, 0) is 16.0 Å². The van der Waals surface area contributed by atoms with Crippen LogP contribution in [0.1, 0.15) is 44.6 Å². The molecule has 6 heteroatoms. The second-order valence-electron chi connectivity index (χ2n) is 9.50. The number of rotatable bonds is 8. The number of nitrogens with one attached hydrogen (secondary N) is 1. The molecule has 2 aliphatic rings. The first-order valence-corrected chi connectivity index (χ1v) is 12.8. The molecular formula is C28H38N4O2. The van der Waals surface area contributed by atoms with E-state index in [1.165, 1.54) is 19.3 Å². The maximum absolute atomic E-state index is 13.4. The highest BCUT2D eigenvalue weighted by Crippen LogP contribution is 2.27. The Morgan fingerprint density at radius 2 is 1.47 bits per heavy atom. The third-order valence-electron chi connectivity index (χ3n) is 7.11. The lowest BCUT2D eigenvalue weighted by Crippen LogP contribution is -2.53. The van der Waals surface area contributed by atoms with Crippen LogP contribution in [0.4, 0.5) is 11.4 Å². The Morgan fingerprint density at radius 3 is 2.15 bits per heavy atom. The van der Waals surface area contributed by atoms with Crippen molar-refractivity contribution in [1.29, 1.82) is 0 Å². The molecule has 2 fully saturated rings. The minimum Gasteiger partial charge on any atom is -0.325 e. The second-order valence-corrected chi connectivity index (χ2v) is 9.50. The Morgan fingerprint density at radius 1 is 0.853 bits per heavy atom. The molecule has 1 saturated heterocycles. The minimum absolute atomic E-state index is 0.0259. The predicted octanol–water partition coefficient (Wildman–Crippen LogP) is 4.17. The summed E-state index contributed by atoms with van der Waals surface area (Å²) < 4.78 is 0. The van der Waals surface area contributed by atoms with Crippen LogP contribution in [0.3, 0.4) is 0 Å². The fourth-order valence-corrected chi connectivity index (χ4v) is 5.20. The molecule has 1 aliphatic heterocycles. The van der Waals surface area contributed by atoms with Gasteiger partial charge in [0.2, 0.25) is 11.8 Å². The van der Waals surface area contributed by atoms with Crippen LogP contribution < -0.4 is 10.2 Å². The molecule has 0 atom stereocenters. The van der Waals surface area contributed by atoms with E-state index in [0.717, 1.165) is 62.4 Å². The van der Waals surface area contributed by atoms with Crippen LogP contribution in [0, 0.1) is 0 Å². The van der Waals surface area contributed by atoms with Gasteiger partial charge in [0, 0.05) is 43.6 Å². The Kier molecular flexibility index (Phi) is 8.72. The normalized spacial score (nSPS) is 17.9. The zero-order chi connectivity index (χ0) is 23.8. The minimum atomic E-state index is 0.0259. The molecule has 2 aromatic rings.